The van der Waals surface area contributed by atoms with Gasteiger partial charge in [0.15, 0.2) is 0 Å². The summed E-state index contributed by atoms with van der Waals surface area (Å²) < 4.78 is 0.845. The molecule has 0 aliphatic carbocycles. The molecule has 1 saturated heterocycles. The molecule has 1 amide bonds. The molecule has 3 N–H and O–H groups in total. The molecule has 0 unspecified atom stereocenters. The molecule has 1 aromatic rings. The summed E-state index contributed by atoms with van der Waals surface area (Å²) in [7, 11) is 0. The van der Waals surface area contributed by atoms with Crippen molar-refractivity contribution < 1.29 is 4.79 Å². The van der Waals surface area contributed by atoms with Crippen molar-refractivity contribution in [2.45, 2.75) is 26.2 Å². The van der Waals surface area contributed by atoms with Gasteiger partial charge in [-0.25, -0.2) is 0 Å². The molecular weight excluding hydrogens is 324 g/mol. The first-order valence-corrected chi connectivity index (χ1v) is 8.44. The minimum absolute atomic E-state index is 0.0631. The number of rotatable bonds is 3. The number of amides is 1. The molecule has 104 valence electrons. The molecule has 0 radical (unpaired) electrons. The molecule has 5 heteroatoms. The number of carbonyl (C=O) groups is 1. The van der Waals surface area contributed by atoms with Gasteiger partial charge in [0.25, 0.3) is 0 Å². The van der Waals surface area contributed by atoms with Crippen LogP contribution in [-0.2, 0) is 4.79 Å². The Bertz CT molecular complexity index is 450. The van der Waals surface area contributed by atoms with Gasteiger partial charge < -0.3 is 11.1 Å². The molecule has 0 atom stereocenters. The number of thioether (sulfide) groups is 1. The third-order valence-electron chi connectivity index (χ3n) is 3.34. The van der Waals surface area contributed by atoms with Gasteiger partial charge in [0.05, 0.1) is 11.4 Å². The Hall–Kier alpha value is -0.680. The number of hydrogen-bond donors (Lipinski definition) is 2. The van der Waals surface area contributed by atoms with Gasteiger partial charge in [0.2, 0.25) is 5.91 Å². The molecule has 0 aromatic heterocycles. The van der Waals surface area contributed by atoms with Crippen LogP contribution in [0.25, 0.3) is 0 Å². The minimum Gasteiger partial charge on any atom is -0.397 e. The van der Waals surface area contributed by atoms with Crippen molar-refractivity contribution in [1.82, 2.24) is 0 Å². The minimum atomic E-state index is 0.0631. The van der Waals surface area contributed by atoms with Crippen molar-refractivity contribution in [3.63, 3.8) is 0 Å². The Morgan fingerprint density at radius 2 is 2.16 bits per heavy atom. The van der Waals surface area contributed by atoms with E-state index in [1.165, 1.54) is 11.5 Å². The zero-order valence-corrected chi connectivity index (χ0v) is 13.4. The van der Waals surface area contributed by atoms with Crippen LogP contribution in [0.15, 0.2) is 16.6 Å². The predicted octanol–water partition coefficient (Wildman–Crippen LogP) is 3.81. The smallest absolute Gasteiger partial charge is 0.224 e. The number of nitrogens with two attached hydrogens (primary N) is 1. The van der Waals surface area contributed by atoms with Crippen LogP contribution < -0.4 is 11.1 Å². The molecule has 1 aliphatic rings. The molecule has 1 fully saturated rings. The quantitative estimate of drug-likeness (QED) is 0.821. The summed E-state index contributed by atoms with van der Waals surface area (Å²) in [6.45, 7) is 1.98. The van der Waals surface area contributed by atoms with Gasteiger partial charge >= 0.3 is 0 Å². The number of aryl methyl sites for hydroxylation is 1. The largest absolute Gasteiger partial charge is 0.397 e. The van der Waals surface area contributed by atoms with E-state index in [9.17, 15) is 4.79 Å². The van der Waals surface area contributed by atoms with E-state index in [0.29, 0.717) is 23.7 Å². The lowest BCUT2D eigenvalue weighted by Crippen LogP contribution is -2.20. The van der Waals surface area contributed by atoms with E-state index in [1.807, 2.05) is 30.8 Å². The molecule has 1 aromatic carbocycles. The fourth-order valence-electron chi connectivity index (χ4n) is 2.30. The van der Waals surface area contributed by atoms with Crippen molar-refractivity contribution >= 4 is 45.0 Å². The summed E-state index contributed by atoms with van der Waals surface area (Å²) in [5.41, 5.74) is 8.34. The highest BCUT2D eigenvalue weighted by Gasteiger charge is 2.18. The van der Waals surface area contributed by atoms with Crippen LogP contribution in [0.2, 0.25) is 0 Å². The fraction of sp³-hybridized carbons (Fsp3) is 0.500. The van der Waals surface area contributed by atoms with Gasteiger partial charge in [-0.1, -0.05) is 0 Å². The summed E-state index contributed by atoms with van der Waals surface area (Å²) in [6, 6.07) is 3.83. The summed E-state index contributed by atoms with van der Waals surface area (Å²) in [5, 5.41) is 2.94. The highest BCUT2D eigenvalue weighted by atomic mass is 79.9. The highest BCUT2D eigenvalue weighted by Crippen LogP contribution is 2.31. The number of nitrogens with one attached hydrogen (secondary N) is 1. The third kappa shape index (κ3) is 4.14. The molecule has 0 bridgehead atoms. The maximum atomic E-state index is 12.1. The maximum Gasteiger partial charge on any atom is 0.224 e. The number of hydrogen-bond acceptors (Lipinski definition) is 3. The second-order valence-electron chi connectivity index (χ2n) is 5.02. The van der Waals surface area contributed by atoms with Crippen LogP contribution in [0.4, 0.5) is 11.4 Å². The summed E-state index contributed by atoms with van der Waals surface area (Å²) in [6.07, 6.45) is 2.88. The summed E-state index contributed by atoms with van der Waals surface area (Å²) in [5.74, 6) is 2.93. The number of anilines is 2. The Morgan fingerprint density at radius 1 is 1.47 bits per heavy atom. The number of carbonyl (C=O) groups excluding carboxylic acids is 1. The molecule has 0 spiro atoms. The number of halogens is 1. The van der Waals surface area contributed by atoms with Gasteiger partial charge in [0.1, 0.15) is 0 Å². The summed E-state index contributed by atoms with van der Waals surface area (Å²) in [4.78, 5) is 12.1. The van der Waals surface area contributed by atoms with E-state index in [4.69, 9.17) is 5.73 Å². The predicted molar refractivity (Wildman–Crippen MR) is 86.6 cm³/mol. The lowest BCUT2D eigenvalue weighted by molar-refractivity contribution is -0.117. The zero-order chi connectivity index (χ0) is 13.8. The van der Waals surface area contributed by atoms with Crippen LogP contribution in [0.1, 0.15) is 24.8 Å². The monoisotopic (exact) mass is 342 g/mol. The van der Waals surface area contributed by atoms with Crippen molar-refractivity contribution in [1.29, 1.82) is 0 Å². The highest BCUT2D eigenvalue weighted by molar-refractivity contribution is 9.10. The lowest BCUT2D eigenvalue weighted by atomic mass is 9.98. The Balaban J connectivity index is 1.98. The second-order valence-corrected chi connectivity index (χ2v) is 7.10. The van der Waals surface area contributed by atoms with E-state index < -0.39 is 0 Å². The average Bonchev–Trinajstić information content (AvgIpc) is 2.35. The van der Waals surface area contributed by atoms with E-state index in [-0.39, 0.29) is 5.91 Å². The van der Waals surface area contributed by atoms with E-state index >= 15 is 0 Å². The van der Waals surface area contributed by atoms with Crippen LogP contribution >= 0.6 is 27.7 Å². The molecular formula is C14H19BrN2OS. The molecule has 0 saturated carbocycles. The Labute approximate surface area is 126 Å². The van der Waals surface area contributed by atoms with Crippen LogP contribution in [0.5, 0.6) is 0 Å². The van der Waals surface area contributed by atoms with E-state index in [1.54, 1.807) is 0 Å². The topological polar surface area (TPSA) is 55.1 Å². The lowest BCUT2D eigenvalue weighted by Gasteiger charge is -2.21. The average molecular weight is 343 g/mol. The van der Waals surface area contributed by atoms with Crippen molar-refractivity contribution in [3.8, 4) is 0 Å². The zero-order valence-electron chi connectivity index (χ0n) is 11.0. The molecule has 1 heterocycles. The van der Waals surface area contributed by atoms with Gasteiger partial charge in [-0.3, -0.25) is 4.79 Å². The van der Waals surface area contributed by atoms with Gasteiger partial charge in [-0.05, 0) is 70.8 Å². The Morgan fingerprint density at radius 3 is 2.79 bits per heavy atom. The van der Waals surface area contributed by atoms with Gasteiger partial charge in [-0.15, -0.1) is 0 Å². The van der Waals surface area contributed by atoms with Crippen molar-refractivity contribution in [2.24, 2.45) is 5.92 Å². The first-order chi connectivity index (χ1) is 9.06. The van der Waals surface area contributed by atoms with Crippen LogP contribution in [-0.4, -0.2) is 17.4 Å². The molecule has 2 rings (SSSR count). The molecule has 1 aliphatic heterocycles. The van der Waals surface area contributed by atoms with E-state index in [0.717, 1.165) is 22.9 Å². The maximum absolute atomic E-state index is 12.1. The van der Waals surface area contributed by atoms with Gasteiger partial charge in [0, 0.05) is 10.9 Å². The van der Waals surface area contributed by atoms with Crippen molar-refractivity contribution in [3.05, 3.63) is 22.2 Å². The van der Waals surface area contributed by atoms with Crippen LogP contribution in [0, 0.1) is 12.8 Å². The fourth-order valence-corrected chi connectivity index (χ4v) is 4.20. The first kappa shape index (κ1) is 14.7. The third-order valence-corrected chi connectivity index (χ3v) is 5.02. The van der Waals surface area contributed by atoms with E-state index in [2.05, 4.69) is 21.2 Å². The Kier molecular flexibility index (Phi) is 5.16. The summed E-state index contributed by atoms with van der Waals surface area (Å²) >= 11 is 5.43. The first-order valence-electron chi connectivity index (χ1n) is 6.49. The number of nitrogen functional groups attached to an aromatic ring is 1. The normalized spacial score (nSPS) is 16.3. The second kappa shape index (κ2) is 6.66. The van der Waals surface area contributed by atoms with Crippen molar-refractivity contribution in [2.75, 3.05) is 22.6 Å². The van der Waals surface area contributed by atoms with Crippen LogP contribution in [0.3, 0.4) is 0 Å². The van der Waals surface area contributed by atoms with Gasteiger partial charge in [-0.2, -0.15) is 11.8 Å². The SMILES string of the molecule is Cc1cc(N)c(NC(=O)CC2CCSCC2)c(Br)c1. The molecule has 19 heavy (non-hydrogen) atoms. The number of benzene rings is 1. The molecule has 3 nitrogen and oxygen atoms in total. The standard InChI is InChI=1S/C14H19BrN2OS/c1-9-6-11(15)14(12(16)7-9)17-13(18)8-10-2-4-19-5-3-10/h6-7,10H,2-5,8,16H2,1H3,(H,17,18).